The molecule has 1 saturated heterocycles. The molecule has 0 radical (unpaired) electrons. The maximum absolute atomic E-state index is 13.6. The van der Waals surface area contributed by atoms with E-state index in [4.69, 9.17) is 29.6 Å². The van der Waals surface area contributed by atoms with Crippen LogP contribution in [0.1, 0.15) is 23.2 Å². The van der Waals surface area contributed by atoms with E-state index < -0.39 is 11.7 Å². The summed E-state index contributed by atoms with van der Waals surface area (Å²) in [6.07, 6.45) is 1.58. The van der Waals surface area contributed by atoms with Crippen molar-refractivity contribution in [2.45, 2.75) is 18.9 Å². The zero-order valence-electron chi connectivity index (χ0n) is 11.4. The third-order valence-corrected chi connectivity index (χ3v) is 3.84. The fourth-order valence-corrected chi connectivity index (χ4v) is 2.75. The van der Waals surface area contributed by atoms with Gasteiger partial charge in [0.2, 0.25) is 0 Å². The van der Waals surface area contributed by atoms with Crippen LogP contribution in [-0.2, 0) is 0 Å². The van der Waals surface area contributed by atoms with Crippen LogP contribution >= 0.6 is 23.8 Å². The van der Waals surface area contributed by atoms with Gasteiger partial charge in [-0.2, -0.15) is 0 Å². The first-order valence-corrected chi connectivity index (χ1v) is 7.51. The van der Waals surface area contributed by atoms with Gasteiger partial charge < -0.3 is 11.1 Å². The van der Waals surface area contributed by atoms with Crippen LogP contribution in [0.3, 0.4) is 0 Å². The summed E-state index contributed by atoms with van der Waals surface area (Å²) in [4.78, 5) is 14.7. The Labute approximate surface area is 133 Å². The van der Waals surface area contributed by atoms with Crippen LogP contribution in [0.15, 0.2) is 18.2 Å². The number of thiocarbonyl (C=S) groups is 1. The van der Waals surface area contributed by atoms with Crippen LogP contribution in [0.25, 0.3) is 0 Å². The van der Waals surface area contributed by atoms with E-state index in [2.05, 4.69) is 10.2 Å². The highest BCUT2D eigenvalue weighted by Crippen LogP contribution is 2.16. The number of benzene rings is 1. The molecular weight excluding hydrogens is 313 g/mol. The molecule has 4 nitrogen and oxygen atoms in total. The highest BCUT2D eigenvalue weighted by atomic mass is 35.5. The van der Waals surface area contributed by atoms with Gasteiger partial charge in [0, 0.05) is 30.7 Å². The minimum Gasteiger partial charge on any atom is -0.392 e. The van der Waals surface area contributed by atoms with E-state index in [0.717, 1.165) is 25.9 Å². The molecule has 0 atom stereocenters. The van der Waals surface area contributed by atoms with Crippen LogP contribution in [0, 0.1) is 5.82 Å². The number of amides is 1. The lowest BCUT2D eigenvalue weighted by atomic mass is 10.0. The molecule has 0 aromatic heterocycles. The molecule has 1 aromatic rings. The number of carbonyl (C=O) groups excluding carboxylic acids is 1. The van der Waals surface area contributed by atoms with Crippen molar-refractivity contribution in [1.29, 1.82) is 0 Å². The Balaban J connectivity index is 1.90. The zero-order valence-corrected chi connectivity index (χ0v) is 13.0. The van der Waals surface area contributed by atoms with Crippen LogP contribution in [0.4, 0.5) is 4.39 Å². The molecule has 21 heavy (non-hydrogen) atoms. The zero-order chi connectivity index (χ0) is 15.4. The van der Waals surface area contributed by atoms with Crippen molar-refractivity contribution in [2.75, 3.05) is 19.6 Å². The Bertz CT molecular complexity index is 547. The summed E-state index contributed by atoms with van der Waals surface area (Å²) in [5.74, 6) is -0.995. The van der Waals surface area contributed by atoms with Crippen LogP contribution in [0.2, 0.25) is 5.02 Å². The second kappa shape index (κ2) is 7.15. The number of hydrogen-bond acceptors (Lipinski definition) is 3. The van der Waals surface area contributed by atoms with Gasteiger partial charge in [-0.05, 0) is 31.0 Å². The fourth-order valence-electron chi connectivity index (χ4n) is 2.39. The molecule has 114 valence electrons. The third kappa shape index (κ3) is 4.62. The number of carbonyl (C=O) groups is 1. The number of hydrogen-bond donors (Lipinski definition) is 2. The molecule has 1 amide bonds. The first kappa shape index (κ1) is 16.1. The summed E-state index contributed by atoms with van der Waals surface area (Å²) in [6, 6.07) is 3.98. The van der Waals surface area contributed by atoms with Gasteiger partial charge in [-0.3, -0.25) is 9.69 Å². The lowest BCUT2D eigenvalue weighted by Crippen LogP contribution is -2.46. The Morgan fingerprint density at radius 2 is 2.14 bits per heavy atom. The van der Waals surface area contributed by atoms with Crippen molar-refractivity contribution in [3.8, 4) is 0 Å². The van der Waals surface area contributed by atoms with Gasteiger partial charge in [0.15, 0.2) is 0 Å². The van der Waals surface area contributed by atoms with E-state index in [1.807, 2.05) is 0 Å². The molecule has 1 heterocycles. The maximum atomic E-state index is 13.6. The van der Waals surface area contributed by atoms with Crippen molar-refractivity contribution in [3.05, 3.63) is 34.6 Å². The highest BCUT2D eigenvalue weighted by Gasteiger charge is 2.22. The number of halogens is 2. The number of nitrogens with one attached hydrogen (secondary N) is 1. The number of piperidine rings is 1. The standard InChI is InChI=1S/C14H17ClFN3OS/c15-9-1-2-12(16)11(7-9)14(20)18-10-3-5-19(6-4-10)8-13(17)21/h1-2,7,10H,3-6,8H2,(H2,17,21)(H,18,20). The Kier molecular flexibility index (Phi) is 5.50. The van der Waals surface area contributed by atoms with Gasteiger partial charge in [-0.15, -0.1) is 0 Å². The molecule has 1 aliphatic rings. The van der Waals surface area contributed by atoms with E-state index in [0.29, 0.717) is 16.6 Å². The van der Waals surface area contributed by atoms with E-state index >= 15 is 0 Å². The predicted molar refractivity (Wildman–Crippen MR) is 85.1 cm³/mol. The number of nitrogens with zero attached hydrogens (tertiary/aromatic N) is 1. The Morgan fingerprint density at radius 1 is 1.48 bits per heavy atom. The molecule has 1 aromatic carbocycles. The number of likely N-dealkylation sites (tertiary alicyclic amines) is 1. The van der Waals surface area contributed by atoms with Crippen molar-refractivity contribution < 1.29 is 9.18 Å². The van der Waals surface area contributed by atoms with Gasteiger partial charge in [-0.25, -0.2) is 4.39 Å². The average Bonchev–Trinajstić information content (AvgIpc) is 2.43. The monoisotopic (exact) mass is 329 g/mol. The Morgan fingerprint density at radius 3 is 2.76 bits per heavy atom. The summed E-state index contributed by atoms with van der Waals surface area (Å²) in [5, 5.41) is 3.19. The topological polar surface area (TPSA) is 58.4 Å². The maximum Gasteiger partial charge on any atom is 0.254 e. The minimum absolute atomic E-state index is 0.0203. The SMILES string of the molecule is NC(=S)CN1CCC(NC(=O)c2cc(Cl)ccc2F)CC1. The number of nitrogens with two attached hydrogens (primary N) is 1. The second-order valence-corrected chi connectivity index (χ2v) is 6.08. The van der Waals surface area contributed by atoms with Crippen LogP contribution in [-0.4, -0.2) is 41.5 Å². The molecule has 0 bridgehead atoms. The summed E-state index contributed by atoms with van der Waals surface area (Å²) in [5.41, 5.74) is 5.49. The largest absolute Gasteiger partial charge is 0.392 e. The van der Waals surface area contributed by atoms with Crippen molar-refractivity contribution >= 4 is 34.7 Å². The lowest BCUT2D eigenvalue weighted by molar-refractivity contribution is 0.0911. The van der Waals surface area contributed by atoms with E-state index in [-0.39, 0.29) is 11.6 Å². The molecule has 1 aliphatic heterocycles. The van der Waals surface area contributed by atoms with Crippen molar-refractivity contribution in [1.82, 2.24) is 10.2 Å². The number of rotatable bonds is 4. The molecular formula is C14H17ClFN3OS. The van der Waals surface area contributed by atoms with Gasteiger partial charge in [0.1, 0.15) is 5.82 Å². The van der Waals surface area contributed by atoms with Gasteiger partial charge in [0.05, 0.1) is 10.6 Å². The van der Waals surface area contributed by atoms with E-state index in [1.165, 1.54) is 18.2 Å². The van der Waals surface area contributed by atoms with Gasteiger partial charge in [0.25, 0.3) is 5.91 Å². The summed E-state index contributed by atoms with van der Waals surface area (Å²) in [6.45, 7) is 2.21. The molecule has 3 N–H and O–H groups in total. The molecule has 1 fully saturated rings. The molecule has 0 unspecified atom stereocenters. The van der Waals surface area contributed by atoms with Gasteiger partial charge in [-0.1, -0.05) is 23.8 Å². The summed E-state index contributed by atoms with van der Waals surface area (Å²) >= 11 is 10.7. The first-order chi connectivity index (χ1) is 9.95. The Hall–Kier alpha value is -1.24. The first-order valence-electron chi connectivity index (χ1n) is 6.72. The molecule has 0 spiro atoms. The van der Waals surface area contributed by atoms with E-state index in [9.17, 15) is 9.18 Å². The molecule has 0 saturated carbocycles. The summed E-state index contributed by atoms with van der Waals surface area (Å²) < 4.78 is 13.6. The van der Waals surface area contributed by atoms with Crippen molar-refractivity contribution in [3.63, 3.8) is 0 Å². The predicted octanol–water partition coefficient (Wildman–Crippen LogP) is 1.96. The van der Waals surface area contributed by atoms with Crippen LogP contribution < -0.4 is 11.1 Å². The normalized spacial score (nSPS) is 16.7. The minimum atomic E-state index is -0.567. The molecule has 2 rings (SSSR count). The smallest absolute Gasteiger partial charge is 0.254 e. The average molecular weight is 330 g/mol. The van der Waals surface area contributed by atoms with Crippen LogP contribution in [0.5, 0.6) is 0 Å². The van der Waals surface area contributed by atoms with Crippen molar-refractivity contribution in [2.24, 2.45) is 5.73 Å². The molecule has 0 aliphatic carbocycles. The lowest BCUT2D eigenvalue weighted by Gasteiger charge is -2.32. The fraction of sp³-hybridized carbons (Fsp3) is 0.429. The summed E-state index contributed by atoms with van der Waals surface area (Å²) in [7, 11) is 0. The van der Waals surface area contributed by atoms with E-state index in [1.54, 1.807) is 0 Å². The quantitative estimate of drug-likeness (QED) is 0.829. The highest BCUT2D eigenvalue weighted by molar-refractivity contribution is 7.80. The third-order valence-electron chi connectivity index (χ3n) is 3.48. The second-order valence-electron chi connectivity index (χ2n) is 5.11. The van der Waals surface area contributed by atoms with Gasteiger partial charge >= 0.3 is 0 Å². The molecule has 7 heteroatoms.